The van der Waals surface area contributed by atoms with Gasteiger partial charge in [-0.25, -0.2) is 9.80 Å². The molecule has 0 spiro atoms. The minimum absolute atomic E-state index is 0.163. The topological polar surface area (TPSA) is 93.2 Å². The van der Waals surface area contributed by atoms with Gasteiger partial charge in [0.25, 0.3) is 5.91 Å². The lowest BCUT2D eigenvalue weighted by atomic mass is 10.2. The van der Waals surface area contributed by atoms with Crippen LogP contribution in [0.3, 0.4) is 0 Å². The molecular formula is C13H14BrN5O2. The van der Waals surface area contributed by atoms with Gasteiger partial charge in [-0.1, -0.05) is 12.1 Å². The van der Waals surface area contributed by atoms with Gasteiger partial charge >= 0.3 is 6.03 Å². The summed E-state index contributed by atoms with van der Waals surface area (Å²) in [5.41, 5.74) is 9.34. The van der Waals surface area contributed by atoms with Crippen molar-refractivity contribution in [1.82, 2.24) is 15.2 Å². The van der Waals surface area contributed by atoms with Crippen LogP contribution >= 0.6 is 15.9 Å². The van der Waals surface area contributed by atoms with Crippen molar-refractivity contribution in [1.29, 1.82) is 0 Å². The molecule has 3 N–H and O–H groups in total. The van der Waals surface area contributed by atoms with Crippen LogP contribution in [0.2, 0.25) is 0 Å². The van der Waals surface area contributed by atoms with Gasteiger partial charge < -0.3 is 5.73 Å². The van der Waals surface area contributed by atoms with Crippen LogP contribution in [-0.4, -0.2) is 21.7 Å². The van der Waals surface area contributed by atoms with E-state index < -0.39 is 11.9 Å². The molecule has 2 rings (SSSR count). The molecule has 110 valence electrons. The molecule has 3 amide bonds. The number of nitrogens with zero attached hydrogens (tertiary/aromatic N) is 3. The van der Waals surface area contributed by atoms with Gasteiger partial charge in [0.15, 0.2) is 5.69 Å². The van der Waals surface area contributed by atoms with Gasteiger partial charge in [-0.3, -0.25) is 14.9 Å². The number of halogens is 1. The molecule has 0 saturated heterocycles. The number of carbonyl (C=O) groups excluding carboxylic acids is 2. The van der Waals surface area contributed by atoms with Crippen LogP contribution < -0.4 is 16.2 Å². The monoisotopic (exact) mass is 351 g/mol. The number of nitrogens with one attached hydrogen (secondary N) is 1. The summed E-state index contributed by atoms with van der Waals surface area (Å²) in [6, 6.07) is 6.26. The number of carbonyl (C=O) groups is 2. The average Bonchev–Trinajstić information content (AvgIpc) is 2.74. The van der Waals surface area contributed by atoms with Crippen molar-refractivity contribution in [3.05, 3.63) is 46.2 Å². The zero-order valence-corrected chi connectivity index (χ0v) is 13.1. The van der Waals surface area contributed by atoms with Crippen LogP contribution in [0.5, 0.6) is 0 Å². The smallest absolute Gasteiger partial charge is 0.338 e. The summed E-state index contributed by atoms with van der Waals surface area (Å²) in [6.45, 7) is 1.87. The van der Waals surface area contributed by atoms with Crippen molar-refractivity contribution in [2.24, 2.45) is 12.8 Å². The van der Waals surface area contributed by atoms with Crippen LogP contribution in [0.4, 0.5) is 10.5 Å². The third kappa shape index (κ3) is 3.40. The van der Waals surface area contributed by atoms with E-state index in [0.717, 1.165) is 10.6 Å². The number of benzene rings is 1. The molecule has 0 radical (unpaired) electrons. The number of hydrogen-bond acceptors (Lipinski definition) is 3. The van der Waals surface area contributed by atoms with Crippen LogP contribution in [0, 0.1) is 6.92 Å². The summed E-state index contributed by atoms with van der Waals surface area (Å²) in [5, 5.41) is 5.00. The third-order valence-electron chi connectivity index (χ3n) is 2.69. The molecular weight excluding hydrogens is 338 g/mol. The Morgan fingerprint density at radius 2 is 2.14 bits per heavy atom. The van der Waals surface area contributed by atoms with Crippen molar-refractivity contribution in [2.45, 2.75) is 6.92 Å². The van der Waals surface area contributed by atoms with Gasteiger partial charge in [-0.2, -0.15) is 5.10 Å². The second-order valence-corrected chi connectivity index (χ2v) is 5.31. The Kier molecular flexibility index (Phi) is 4.27. The highest BCUT2D eigenvalue weighted by Gasteiger charge is 2.20. The van der Waals surface area contributed by atoms with Crippen LogP contribution in [0.1, 0.15) is 16.1 Å². The second kappa shape index (κ2) is 5.96. The van der Waals surface area contributed by atoms with Gasteiger partial charge in [0.2, 0.25) is 0 Å². The number of aryl methyl sites for hydroxylation is 2. The quantitative estimate of drug-likeness (QED) is 0.806. The Morgan fingerprint density at radius 3 is 2.67 bits per heavy atom. The Hall–Kier alpha value is -2.35. The predicted octanol–water partition coefficient (Wildman–Crippen LogP) is 1.72. The highest BCUT2D eigenvalue weighted by Crippen LogP contribution is 2.17. The zero-order chi connectivity index (χ0) is 15.6. The minimum Gasteiger partial charge on any atom is -0.350 e. The van der Waals surface area contributed by atoms with Crippen molar-refractivity contribution >= 4 is 33.6 Å². The molecule has 8 heteroatoms. The lowest BCUT2D eigenvalue weighted by Gasteiger charge is -2.21. The summed E-state index contributed by atoms with van der Waals surface area (Å²) >= 11 is 3.23. The van der Waals surface area contributed by atoms with Crippen molar-refractivity contribution in [2.75, 3.05) is 5.01 Å². The maximum Gasteiger partial charge on any atom is 0.338 e. The number of rotatable bonds is 2. The number of hydrazine groups is 1. The molecule has 7 nitrogen and oxygen atoms in total. The number of amides is 3. The summed E-state index contributed by atoms with van der Waals surface area (Å²) in [6.07, 6.45) is 1.64. The molecule has 21 heavy (non-hydrogen) atoms. The first-order valence-electron chi connectivity index (χ1n) is 6.05. The van der Waals surface area contributed by atoms with Gasteiger partial charge in [-0.05, 0) is 40.5 Å². The average molecular weight is 352 g/mol. The highest BCUT2D eigenvalue weighted by atomic mass is 79.9. The fourth-order valence-corrected chi connectivity index (χ4v) is 2.34. The largest absolute Gasteiger partial charge is 0.350 e. The van der Waals surface area contributed by atoms with Crippen LogP contribution in [0.25, 0.3) is 0 Å². The van der Waals surface area contributed by atoms with E-state index in [1.807, 2.05) is 13.0 Å². The fourth-order valence-electron chi connectivity index (χ4n) is 1.78. The van der Waals surface area contributed by atoms with E-state index in [1.54, 1.807) is 31.4 Å². The van der Waals surface area contributed by atoms with E-state index in [2.05, 4.69) is 26.5 Å². The predicted molar refractivity (Wildman–Crippen MR) is 81.6 cm³/mol. The fraction of sp³-hybridized carbons (Fsp3) is 0.154. The normalized spacial score (nSPS) is 10.2. The van der Waals surface area contributed by atoms with E-state index in [1.165, 1.54) is 4.68 Å². The number of anilines is 1. The van der Waals surface area contributed by atoms with E-state index in [0.29, 0.717) is 10.2 Å². The molecule has 0 aliphatic rings. The summed E-state index contributed by atoms with van der Waals surface area (Å²) < 4.78 is 2.01. The first-order valence-corrected chi connectivity index (χ1v) is 6.84. The Morgan fingerprint density at radius 1 is 1.43 bits per heavy atom. The maximum absolute atomic E-state index is 12.2. The first-order chi connectivity index (χ1) is 9.88. The lowest BCUT2D eigenvalue weighted by Crippen LogP contribution is -2.49. The summed E-state index contributed by atoms with van der Waals surface area (Å²) in [5.74, 6) is -0.539. The van der Waals surface area contributed by atoms with Gasteiger partial charge in [-0.15, -0.1) is 0 Å². The third-order valence-corrected chi connectivity index (χ3v) is 3.27. The van der Waals surface area contributed by atoms with Gasteiger partial charge in [0, 0.05) is 13.2 Å². The van der Waals surface area contributed by atoms with Crippen LogP contribution in [-0.2, 0) is 7.05 Å². The highest BCUT2D eigenvalue weighted by molar-refractivity contribution is 9.10. The van der Waals surface area contributed by atoms with E-state index in [-0.39, 0.29) is 5.69 Å². The SMILES string of the molecule is Cc1cccc(N(NC(=O)c2nn(C)cc2Br)C(N)=O)c1. The Balaban J connectivity index is 2.27. The maximum atomic E-state index is 12.2. The standard InChI is InChI=1S/C13H14BrN5O2/c1-8-4-3-5-9(6-8)19(13(15)21)17-12(20)11-10(14)7-18(2)16-11/h3-7H,1-2H3,(H2,15,21)(H,17,20). The molecule has 0 aliphatic carbocycles. The molecule has 1 aromatic carbocycles. The summed E-state index contributed by atoms with van der Waals surface area (Å²) in [4.78, 5) is 23.7. The van der Waals surface area contributed by atoms with Crippen molar-refractivity contribution < 1.29 is 9.59 Å². The first kappa shape index (κ1) is 15.0. The van der Waals surface area contributed by atoms with E-state index in [4.69, 9.17) is 5.73 Å². The zero-order valence-electron chi connectivity index (χ0n) is 11.5. The number of primary amides is 1. The van der Waals surface area contributed by atoms with E-state index in [9.17, 15) is 9.59 Å². The lowest BCUT2D eigenvalue weighted by molar-refractivity contribution is 0.0944. The molecule has 0 bridgehead atoms. The molecule has 1 aromatic heterocycles. The molecule has 0 unspecified atom stereocenters. The Bertz CT molecular complexity index is 698. The van der Waals surface area contributed by atoms with E-state index >= 15 is 0 Å². The molecule has 0 atom stereocenters. The Labute approximate surface area is 129 Å². The molecule has 0 fully saturated rings. The van der Waals surface area contributed by atoms with Crippen molar-refractivity contribution in [3.63, 3.8) is 0 Å². The number of nitrogens with two attached hydrogens (primary N) is 1. The molecule has 0 aliphatic heterocycles. The molecule has 0 saturated carbocycles. The second-order valence-electron chi connectivity index (χ2n) is 4.45. The van der Waals surface area contributed by atoms with Crippen molar-refractivity contribution in [3.8, 4) is 0 Å². The number of hydrogen-bond donors (Lipinski definition) is 2. The number of aromatic nitrogens is 2. The van der Waals surface area contributed by atoms with Gasteiger partial charge in [0.1, 0.15) is 0 Å². The molecule has 2 aromatic rings. The minimum atomic E-state index is -0.791. The summed E-state index contributed by atoms with van der Waals surface area (Å²) in [7, 11) is 1.69. The molecule has 1 heterocycles. The van der Waals surface area contributed by atoms with Gasteiger partial charge in [0.05, 0.1) is 10.2 Å². The number of urea groups is 1. The van der Waals surface area contributed by atoms with Crippen LogP contribution in [0.15, 0.2) is 34.9 Å².